The molecule has 92 valence electrons. The van der Waals surface area contributed by atoms with Crippen molar-refractivity contribution in [3.05, 3.63) is 53.0 Å². The average Bonchev–Trinajstić information content (AvgIpc) is 2.30. The molecule has 18 heavy (non-hydrogen) atoms. The van der Waals surface area contributed by atoms with Crippen LogP contribution >= 0.6 is 11.8 Å². The van der Waals surface area contributed by atoms with E-state index in [0.717, 1.165) is 16.3 Å². The number of hydrogen-bond acceptors (Lipinski definition) is 3. The van der Waals surface area contributed by atoms with Crippen molar-refractivity contribution >= 4 is 18.0 Å². The largest absolute Gasteiger partial charge is 0.298 e. The molecule has 2 aromatic rings. The van der Waals surface area contributed by atoms with E-state index >= 15 is 0 Å². The Hall–Kier alpha value is -1.68. The van der Waals surface area contributed by atoms with Crippen molar-refractivity contribution in [1.82, 2.24) is 4.98 Å². The standard InChI is InChI=1S/C14H12FNOS/c1-9-5-10(2)16-14(6-9)18-13-4-3-12(15)7-11(13)8-17/h3-8H,1-2H3. The molecule has 4 heteroatoms. The van der Waals surface area contributed by atoms with Crippen molar-refractivity contribution in [2.75, 3.05) is 0 Å². The zero-order valence-corrected chi connectivity index (χ0v) is 10.9. The van der Waals surface area contributed by atoms with Crippen LogP contribution in [0.4, 0.5) is 4.39 Å². The molecule has 0 atom stereocenters. The van der Waals surface area contributed by atoms with Crippen LogP contribution in [0.2, 0.25) is 0 Å². The van der Waals surface area contributed by atoms with Gasteiger partial charge in [0.25, 0.3) is 0 Å². The number of carbonyl (C=O) groups is 1. The van der Waals surface area contributed by atoms with Gasteiger partial charge in [0, 0.05) is 16.2 Å². The van der Waals surface area contributed by atoms with Crippen LogP contribution in [-0.2, 0) is 0 Å². The van der Waals surface area contributed by atoms with Crippen LogP contribution in [0.1, 0.15) is 21.6 Å². The molecule has 0 saturated carbocycles. The molecule has 0 aliphatic carbocycles. The fourth-order valence-corrected chi connectivity index (χ4v) is 2.69. The first kappa shape index (κ1) is 12.8. The second-order valence-corrected chi connectivity index (χ2v) is 5.09. The quantitative estimate of drug-likeness (QED) is 0.787. The second-order valence-electron chi connectivity index (χ2n) is 4.03. The van der Waals surface area contributed by atoms with E-state index in [9.17, 15) is 9.18 Å². The summed E-state index contributed by atoms with van der Waals surface area (Å²) in [6.07, 6.45) is 0.661. The number of pyridine rings is 1. The molecule has 0 radical (unpaired) electrons. The van der Waals surface area contributed by atoms with Gasteiger partial charge in [-0.25, -0.2) is 9.37 Å². The molecule has 0 bridgehead atoms. The van der Waals surface area contributed by atoms with E-state index in [2.05, 4.69) is 4.98 Å². The lowest BCUT2D eigenvalue weighted by Crippen LogP contribution is -1.90. The van der Waals surface area contributed by atoms with E-state index in [1.54, 1.807) is 6.07 Å². The molecular formula is C14H12FNOS. The lowest BCUT2D eigenvalue weighted by molar-refractivity contribution is 0.112. The van der Waals surface area contributed by atoms with Crippen LogP contribution in [0, 0.1) is 19.7 Å². The lowest BCUT2D eigenvalue weighted by Gasteiger charge is -2.06. The van der Waals surface area contributed by atoms with Gasteiger partial charge in [-0.05, 0) is 49.7 Å². The first-order valence-electron chi connectivity index (χ1n) is 5.46. The number of rotatable bonds is 3. The van der Waals surface area contributed by atoms with Crippen molar-refractivity contribution < 1.29 is 9.18 Å². The van der Waals surface area contributed by atoms with E-state index in [1.165, 1.54) is 23.9 Å². The SMILES string of the molecule is Cc1cc(C)nc(Sc2ccc(F)cc2C=O)c1. The average molecular weight is 261 g/mol. The van der Waals surface area contributed by atoms with Gasteiger partial charge in [0.15, 0.2) is 6.29 Å². The molecule has 0 saturated heterocycles. The number of aryl methyl sites for hydroxylation is 2. The minimum atomic E-state index is -0.408. The van der Waals surface area contributed by atoms with Crippen molar-refractivity contribution in [3.8, 4) is 0 Å². The Balaban J connectivity index is 2.36. The Morgan fingerprint density at radius 3 is 2.67 bits per heavy atom. The number of nitrogens with zero attached hydrogens (tertiary/aromatic N) is 1. The summed E-state index contributed by atoms with van der Waals surface area (Å²) in [4.78, 5) is 16.0. The molecule has 0 amide bonds. The number of aldehydes is 1. The van der Waals surface area contributed by atoms with E-state index < -0.39 is 5.82 Å². The van der Waals surface area contributed by atoms with Crippen LogP contribution in [0.5, 0.6) is 0 Å². The maximum absolute atomic E-state index is 13.0. The maximum atomic E-state index is 13.0. The highest BCUT2D eigenvalue weighted by Gasteiger charge is 2.07. The van der Waals surface area contributed by atoms with Crippen LogP contribution < -0.4 is 0 Å². The molecule has 2 rings (SSSR count). The molecule has 0 N–H and O–H groups in total. The fraction of sp³-hybridized carbons (Fsp3) is 0.143. The van der Waals surface area contributed by atoms with Gasteiger partial charge in [-0.15, -0.1) is 0 Å². The summed E-state index contributed by atoms with van der Waals surface area (Å²) in [7, 11) is 0. The van der Waals surface area contributed by atoms with Gasteiger partial charge in [-0.1, -0.05) is 11.8 Å². The summed E-state index contributed by atoms with van der Waals surface area (Å²) in [5.74, 6) is -0.408. The molecule has 2 nitrogen and oxygen atoms in total. The van der Waals surface area contributed by atoms with E-state index in [-0.39, 0.29) is 0 Å². The lowest BCUT2D eigenvalue weighted by atomic mass is 10.2. The van der Waals surface area contributed by atoms with Gasteiger partial charge in [0.1, 0.15) is 10.8 Å². The Kier molecular flexibility index (Phi) is 3.77. The molecule has 1 aromatic heterocycles. The molecule has 0 spiro atoms. The third kappa shape index (κ3) is 2.96. The monoisotopic (exact) mass is 261 g/mol. The number of aromatic nitrogens is 1. The summed E-state index contributed by atoms with van der Waals surface area (Å²) in [5, 5.41) is 0.808. The van der Waals surface area contributed by atoms with Crippen LogP contribution in [0.3, 0.4) is 0 Å². The van der Waals surface area contributed by atoms with Crippen molar-refractivity contribution in [3.63, 3.8) is 0 Å². The van der Waals surface area contributed by atoms with Gasteiger partial charge in [0.05, 0.1) is 0 Å². The number of carbonyl (C=O) groups excluding carboxylic acids is 1. The highest BCUT2D eigenvalue weighted by molar-refractivity contribution is 7.99. The van der Waals surface area contributed by atoms with E-state index in [4.69, 9.17) is 0 Å². The minimum Gasteiger partial charge on any atom is -0.298 e. The normalized spacial score (nSPS) is 10.4. The predicted octanol–water partition coefficient (Wildman–Crippen LogP) is 3.80. The third-order valence-corrected chi connectivity index (χ3v) is 3.40. The summed E-state index contributed by atoms with van der Waals surface area (Å²) >= 11 is 1.37. The molecular weight excluding hydrogens is 249 g/mol. The van der Waals surface area contributed by atoms with E-state index in [0.29, 0.717) is 16.7 Å². The van der Waals surface area contributed by atoms with Gasteiger partial charge >= 0.3 is 0 Å². The summed E-state index contributed by atoms with van der Waals surface area (Å²) in [6.45, 7) is 3.91. The second kappa shape index (κ2) is 5.31. The highest BCUT2D eigenvalue weighted by Crippen LogP contribution is 2.29. The fourth-order valence-electron chi connectivity index (χ4n) is 1.67. The third-order valence-electron chi connectivity index (χ3n) is 2.39. The van der Waals surface area contributed by atoms with Gasteiger partial charge in [-0.3, -0.25) is 4.79 Å². The van der Waals surface area contributed by atoms with Gasteiger partial charge in [-0.2, -0.15) is 0 Å². The zero-order chi connectivity index (χ0) is 13.1. The van der Waals surface area contributed by atoms with Gasteiger partial charge < -0.3 is 0 Å². The van der Waals surface area contributed by atoms with Crippen molar-refractivity contribution in [2.24, 2.45) is 0 Å². The Morgan fingerprint density at radius 2 is 2.00 bits per heavy atom. The Labute approximate surface area is 109 Å². The Bertz CT molecular complexity index is 578. The molecule has 1 heterocycles. The van der Waals surface area contributed by atoms with Crippen LogP contribution in [0.15, 0.2) is 40.3 Å². The summed E-state index contributed by atoms with van der Waals surface area (Å²) in [5.41, 5.74) is 2.38. The van der Waals surface area contributed by atoms with Gasteiger partial charge in [0.2, 0.25) is 0 Å². The van der Waals surface area contributed by atoms with Crippen LogP contribution in [0.25, 0.3) is 0 Å². The maximum Gasteiger partial charge on any atom is 0.151 e. The molecule has 0 aliphatic heterocycles. The number of halogens is 1. The van der Waals surface area contributed by atoms with Crippen molar-refractivity contribution in [1.29, 1.82) is 0 Å². The van der Waals surface area contributed by atoms with E-state index in [1.807, 2.05) is 26.0 Å². The predicted molar refractivity (Wildman–Crippen MR) is 69.6 cm³/mol. The number of hydrogen-bond donors (Lipinski definition) is 0. The molecule has 0 unspecified atom stereocenters. The first-order valence-corrected chi connectivity index (χ1v) is 6.28. The summed E-state index contributed by atoms with van der Waals surface area (Å²) < 4.78 is 13.0. The molecule has 0 aliphatic rings. The minimum absolute atomic E-state index is 0.348. The summed E-state index contributed by atoms with van der Waals surface area (Å²) in [6, 6.07) is 8.10. The van der Waals surface area contributed by atoms with Crippen LogP contribution in [-0.4, -0.2) is 11.3 Å². The topological polar surface area (TPSA) is 30.0 Å². The molecule has 0 fully saturated rings. The molecule has 1 aromatic carbocycles. The number of benzene rings is 1. The smallest absolute Gasteiger partial charge is 0.151 e. The first-order chi connectivity index (χ1) is 8.58. The zero-order valence-electron chi connectivity index (χ0n) is 10.1. The Morgan fingerprint density at radius 1 is 1.22 bits per heavy atom. The highest BCUT2D eigenvalue weighted by atomic mass is 32.2. The van der Waals surface area contributed by atoms with Crippen molar-refractivity contribution in [2.45, 2.75) is 23.8 Å².